The molecule has 5 heteroatoms. The van der Waals surface area contributed by atoms with Gasteiger partial charge in [0, 0.05) is 17.4 Å². The summed E-state index contributed by atoms with van der Waals surface area (Å²) in [5, 5.41) is 1.89. The van der Waals surface area contributed by atoms with Crippen LogP contribution in [0.3, 0.4) is 0 Å². The van der Waals surface area contributed by atoms with E-state index >= 15 is 0 Å². The van der Waals surface area contributed by atoms with Gasteiger partial charge in [0.15, 0.2) is 10.3 Å². The topological polar surface area (TPSA) is 38.7 Å². The van der Waals surface area contributed by atoms with E-state index in [1.807, 2.05) is 0 Å². The Bertz CT molecular complexity index is 406. The fraction of sp³-hybridized carbons (Fsp3) is 0.824. The van der Waals surface area contributed by atoms with Crippen molar-refractivity contribution in [1.29, 1.82) is 0 Å². The van der Waals surface area contributed by atoms with Crippen molar-refractivity contribution >= 4 is 23.5 Å². The van der Waals surface area contributed by atoms with Gasteiger partial charge in [-0.05, 0) is 25.7 Å². The number of rotatable bonds is 9. The summed E-state index contributed by atoms with van der Waals surface area (Å²) in [5.41, 5.74) is 0. The van der Waals surface area contributed by atoms with Crippen molar-refractivity contribution in [3.8, 4) is 0 Å². The number of unbranched alkanes of at least 4 members (excludes halogenated alkanes) is 2. The van der Waals surface area contributed by atoms with Gasteiger partial charge in [-0.1, -0.05) is 69.5 Å². The minimum Gasteiger partial charge on any atom is -0.207 e. The predicted molar refractivity (Wildman–Crippen MR) is 96.9 cm³/mol. The molecule has 1 aliphatic carbocycles. The monoisotopic (exact) mass is 339 g/mol. The Hall–Kier alpha value is -0.290. The van der Waals surface area contributed by atoms with Crippen molar-refractivity contribution in [2.45, 2.75) is 87.9 Å². The molecule has 0 atom stereocenters. The lowest BCUT2D eigenvalue weighted by Crippen LogP contribution is -2.11. The SMILES string of the molecule is CCCCSc1nc(SCCCC)nc(C2CCCCC2)n1. The molecular weight excluding hydrogens is 310 g/mol. The average molecular weight is 340 g/mol. The quantitative estimate of drug-likeness (QED) is 0.426. The number of nitrogens with zero attached hydrogens (tertiary/aromatic N) is 3. The molecule has 22 heavy (non-hydrogen) atoms. The van der Waals surface area contributed by atoms with E-state index in [9.17, 15) is 0 Å². The second kappa shape index (κ2) is 10.5. The van der Waals surface area contributed by atoms with Gasteiger partial charge >= 0.3 is 0 Å². The minimum absolute atomic E-state index is 0.563. The molecule has 0 amide bonds. The molecule has 1 aromatic heterocycles. The van der Waals surface area contributed by atoms with Crippen LogP contribution in [0, 0.1) is 0 Å². The Morgan fingerprint density at radius 2 is 1.36 bits per heavy atom. The van der Waals surface area contributed by atoms with E-state index in [-0.39, 0.29) is 0 Å². The fourth-order valence-electron chi connectivity index (χ4n) is 2.64. The first-order valence-corrected chi connectivity index (χ1v) is 10.8. The van der Waals surface area contributed by atoms with Gasteiger partial charge in [-0.25, -0.2) is 9.97 Å². The first kappa shape index (κ1) is 18.1. The molecular formula is C17H29N3S2. The molecule has 0 spiro atoms. The van der Waals surface area contributed by atoms with Crippen LogP contribution in [0.25, 0.3) is 0 Å². The first-order chi connectivity index (χ1) is 10.8. The summed E-state index contributed by atoms with van der Waals surface area (Å²) in [6.45, 7) is 4.46. The van der Waals surface area contributed by atoms with Crippen LogP contribution in [-0.2, 0) is 0 Å². The maximum absolute atomic E-state index is 4.78. The van der Waals surface area contributed by atoms with E-state index in [0.29, 0.717) is 5.92 Å². The fourth-order valence-corrected chi connectivity index (χ4v) is 4.55. The summed E-state index contributed by atoms with van der Waals surface area (Å²) < 4.78 is 0. The lowest BCUT2D eigenvalue weighted by Gasteiger charge is -2.20. The molecule has 2 rings (SSSR count). The van der Waals surface area contributed by atoms with E-state index in [1.165, 1.54) is 57.8 Å². The van der Waals surface area contributed by atoms with E-state index in [2.05, 4.69) is 18.8 Å². The molecule has 124 valence electrons. The van der Waals surface area contributed by atoms with Crippen LogP contribution in [0.1, 0.15) is 83.4 Å². The predicted octanol–water partition coefficient (Wildman–Crippen LogP) is 5.70. The van der Waals surface area contributed by atoms with Gasteiger partial charge in [0.2, 0.25) is 0 Å². The molecule has 1 saturated carbocycles. The molecule has 0 unspecified atom stereocenters. The first-order valence-electron chi connectivity index (χ1n) is 8.85. The summed E-state index contributed by atoms with van der Waals surface area (Å²) in [7, 11) is 0. The third-order valence-corrected chi connectivity index (χ3v) is 5.91. The Labute approximate surface area is 143 Å². The van der Waals surface area contributed by atoms with Crippen molar-refractivity contribution in [2.75, 3.05) is 11.5 Å². The standard InChI is InChI=1S/C17H29N3S2/c1-3-5-12-21-16-18-15(14-10-8-7-9-11-14)19-17(20-16)22-13-6-4-2/h14H,3-13H2,1-2H3. The summed E-state index contributed by atoms with van der Waals surface area (Å²) >= 11 is 3.60. The molecule has 0 N–H and O–H groups in total. The van der Waals surface area contributed by atoms with Gasteiger partial charge in [0.05, 0.1) is 0 Å². The second-order valence-corrected chi connectivity index (χ2v) is 8.12. The molecule has 1 heterocycles. The molecule has 1 aromatic rings. The minimum atomic E-state index is 0.563. The summed E-state index contributed by atoms with van der Waals surface area (Å²) in [6.07, 6.45) is 11.4. The van der Waals surface area contributed by atoms with Crippen LogP contribution >= 0.6 is 23.5 Å². The number of aromatic nitrogens is 3. The highest BCUT2D eigenvalue weighted by atomic mass is 32.2. The zero-order valence-electron chi connectivity index (χ0n) is 14.0. The number of thioether (sulfide) groups is 2. The van der Waals surface area contributed by atoms with Gasteiger partial charge < -0.3 is 0 Å². The smallest absolute Gasteiger partial charge is 0.191 e. The van der Waals surface area contributed by atoms with E-state index in [0.717, 1.165) is 27.6 Å². The van der Waals surface area contributed by atoms with E-state index in [4.69, 9.17) is 9.97 Å². The summed E-state index contributed by atoms with van der Waals surface area (Å²) in [5.74, 6) is 3.85. The Balaban J connectivity index is 2.07. The van der Waals surface area contributed by atoms with Crippen molar-refractivity contribution in [3.05, 3.63) is 5.82 Å². The van der Waals surface area contributed by atoms with Gasteiger partial charge in [0.1, 0.15) is 5.82 Å². The molecule has 1 fully saturated rings. The molecule has 1 aliphatic rings. The third kappa shape index (κ3) is 6.07. The Morgan fingerprint density at radius 1 is 0.818 bits per heavy atom. The van der Waals surface area contributed by atoms with E-state index in [1.54, 1.807) is 23.5 Å². The van der Waals surface area contributed by atoms with Crippen LogP contribution in [0.2, 0.25) is 0 Å². The van der Waals surface area contributed by atoms with Crippen LogP contribution in [0.5, 0.6) is 0 Å². The van der Waals surface area contributed by atoms with Crippen LogP contribution in [0.4, 0.5) is 0 Å². The van der Waals surface area contributed by atoms with Crippen LogP contribution in [-0.4, -0.2) is 26.5 Å². The number of hydrogen-bond acceptors (Lipinski definition) is 5. The van der Waals surface area contributed by atoms with Crippen LogP contribution < -0.4 is 0 Å². The molecule has 0 aromatic carbocycles. The highest BCUT2D eigenvalue weighted by molar-refractivity contribution is 7.99. The molecule has 0 saturated heterocycles. The van der Waals surface area contributed by atoms with Crippen molar-refractivity contribution in [1.82, 2.24) is 15.0 Å². The largest absolute Gasteiger partial charge is 0.207 e. The molecule has 0 bridgehead atoms. The molecule has 3 nitrogen and oxygen atoms in total. The van der Waals surface area contributed by atoms with Crippen molar-refractivity contribution in [2.24, 2.45) is 0 Å². The summed E-state index contributed by atoms with van der Waals surface area (Å²) in [4.78, 5) is 14.2. The Morgan fingerprint density at radius 3 is 1.86 bits per heavy atom. The molecule has 0 radical (unpaired) electrons. The third-order valence-electron chi connectivity index (χ3n) is 4.04. The Kier molecular flexibility index (Phi) is 8.60. The normalized spacial score (nSPS) is 16.1. The zero-order chi connectivity index (χ0) is 15.6. The van der Waals surface area contributed by atoms with Crippen molar-refractivity contribution < 1.29 is 0 Å². The summed E-state index contributed by atoms with van der Waals surface area (Å²) in [6, 6.07) is 0. The highest BCUT2D eigenvalue weighted by Gasteiger charge is 2.20. The zero-order valence-corrected chi connectivity index (χ0v) is 15.6. The van der Waals surface area contributed by atoms with E-state index < -0.39 is 0 Å². The van der Waals surface area contributed by atoms with Gasteiger partial charge in [-0.15, -0.1) is 0 Å². The second-order valence-electron chi connectivity index (χ2n) is 6.00. The van der Waals surface area contributed by atoms with Gasteiger partial charge in [-0.2, -0.15) is 4.98 Å². The average Bonchev–Trinajstić information content (AvgIpc) is 2.56. The van der Waals surface area contributed by atoms with Crippen molar-refractivity contribution in [3.63, 3.8) is 0 Å². The lowest BCUT2D eigenvalue weighted by atomic mass is 9.89. The maximum Gasteiger partial charge on any atom is 0.191 e. The maximum atomic E-state index is 4.78. The van der Waals surface area contributed by atoms with Gasteiger partial charge in [0.25, 0.3) is 0 Å². The van der Waals surface area contributed by atoms with Crippen LogP contribution in [0.15, 0.2) is 10.3 Å². The number of hydrogen-bond donors (Lipinski definition) is 0. The highest BCUT2D eigenvalue weighted by Crippen LogP contribution is 2.32. The molecule has 0 aliphatic heterocycles. The van der Waals surface area contributed by atoms with Gasteiger partial charge in [-0.3, -0.25) is 0 Å². The lowest BCUT2D eigenvalue weighted by molar-refractivity contribution is 0.421.